The first kappa shape index (κ1) is 37.2. The number of aromatic amines is 2. The lowest BCUT2D eigenvalue weighted by Gasteiger charge is -2.31. The first-order chi connectivity index (χ1) is 28.3. The molecule has 2 saturated heterocycles. The summed E-state index contributed by atoms with van der Waals surface area (Å²) in [7, 11) is 1.30. The molecule has 4 aliphatic rings. The van der Waals surface area contributed by atoms with Gasteiger partial charge in [0.15, 0.2) is 5.65 Å². The highest BCUT2D eigenvalue weighted by Gasteiger charge is 2.39. The SMILES string of the molecule is COC(=O)N[C@H](C(=O)N1CCC[C@H]1c1nc2ncc(-c3ccc4cc(-c5cnc([C@@H]6CCCN6C(=O)[C@@H](N)C6C=CCC=C6)[nH]5)ccc4c3)cc2[nH]1)C1C=CCC=C1. The largest absolute Gasteiger partial charge is 0.453 e. The number of alkyl carbamates (subject to hydrolysis) is 1. The maximum absolute atomic E-state index is 14.0. The Labute approximate surface area is 336 Å². The van der Waals surface area contributed by atoms with Crippen molar-refractivity contribution in [3.8, 4) is 22.4 Å². The number of allylic oxidation sites excluding steroid dienone is 4. The van der Waals surface area contributed by atoms with Gasteiger partial charge in [0.05, 0.1) is 42.6 Å². The predicted octanol–water partition coefficient (Wildman–Crippen LogP) is 6.81. The molecule has 2 aliphatic heterocycles. The van der Waals surface area contributed by atoms with E-state index < -0.39 is 18.2 Å². The number of pyridine rings is 1. The molecule has 5 aromatic rings. The topological polar surface area (TPSA) is 175 Å². The van der Waals surface area contributed by atoms with Gasteiger partial charge < -0.3 is 35.6 Å². The van der Waals surface area contributed by atoms with Gasteiger partial charge in [0, 0.05) is 42.2 Å². The second-order valence-corrected chi connectivity index (χ2v) is 15.5. The van der Waals surface area contributed by atoms with Gasteiger partial charge in [-0.15, -0.1) is 0 Å². The molecule has 5 N–H and O–H groups in total. The van der Waals surface area contributed by atoms with Crippen molar-refractivity contribution in [1.29, 1.82) is 0 Å². The third-order valence-electron chi connectivity index (χ3n) is 11.9. The van der Waals surface area contributed by atoms with Crippen LogP contribution in [0.15, 0.2) is 103 Å². The van der Waals surface area contributed by atoms with E-state index in [1.54, 1.807) is 0 Å². The molecule has 3 amide bonds. The third kappa shape index (κ3) is 7.22. The number of nitrogens with one attached hydrogen (secondary N) is 3. The molecule has 9 rings (SSSR count). The zero-order chi connectivity index (χ0) is 39.8. The van der Waals surface area contributed by atoms with E-state index in [1.807, 2.05) is 64.7 Å². The van der Waals surface area contributed by atoms with Crippen LogP contribution in [0.3, 0.4) is 0 Å². The number of nitrogens with two attached hydrogens (primary N) is 1. The predicted molar refractivity (Wildman–Crippen MR) is 222 cm³/mol. The van der Waals surface area contributed by atoms with Gasteiger partial charge in [-0.1, -0.05) is 72.9 Å². The van der Waals surface area contributed by atoms with Crippen molar-refractivity contribution < 1.29 is 19.1 Å². The second kappa shape index (κ2) is 15.9. The lowest BCUT2D eigenvalue weighted by atomic mass is 9.93. The van der Waals surface area contributed by atoms with Crippen LogP contribution < -0.4 is 11.1 Å². The summed E-state index contributed by atoms with van der Waals surface area (Å²) in [5, 5.41) is 4.93. The van der Waals surface area contributed by atoms with E-state index in [9.17, 15) is 14.4 Å². The number of H-pyrrole nitrogens is 2. The van der Waals surface area contributed by atoms with Crippen LogP contribution in [0, 0.1) is 11.8 Å². The Bertz CT molecular complexity index is 2470. The number of amides is 3. The Morgan fingerprint density at radius 3 is 2.10 bits per heavy atom. The maximum atomic E-state index is 14.0. The van der Waals surface area contributed by atoms with Crippen molar-refractivity contribution in [1.82, 2.24) is 40.0 Å². The normalized spacial score (nSPS) is 20.7. The molecule has 5 heterocycles. The Hall–Kier alpha value is -6.34. The number of likely N-dealkylation sites (tertiary alicyclic amines) is 2. The molecule has 58 heavy (non-hydrogen) atoms. The average molecular weight is 778 g/mol. The van der Waals surface area contributed by atoms with Crippen LogP contribution in [-0.2, 0) is 14.3 Å². The molecule has 296 valence electrons. The Balaban J connectivity index is 0.909. The maximum Gasteiger partial charge on any atom is 0.407 e. The number of hydrogen-bond donors (Lipinski definition) is 4. The molecule has 3 aromatic heterocycles. The number of hydrogen-bond acceptors (Lipinski definition) is 8. The highest BCUT2D eigenvalue weighted by atomic mass is 16.5. The van der Waals surface area contributed by atoms with Gasteiger partial charge >= 0.3 is 6.09 Å². The molecular weight excluding hydrogens is 731 g/mol. The lowest BCUT2D eigenvalue weighted by molar-refractivity contribution is -0.135. The molecule has 0 radical (unpaired) electrons. The van der Waals surface area contributed by atoms with Crippen LogP contribution >= 0.6 is 0 Å². The fraction of sp³-hybridized carbons (Fsp3) is 0.333. The number of carbonyl (C=O) groups excluding carboxylic acids is 3. The number of methoxy groups -OCH3 is 1. The van der Waals surface area contributed by atoms with Gasteiger partial charge in [-0.2, -0.15) is 0 Å². The summed E-state index contributed by atoms with van der Waals surface area (Å²) in [6.45, 7) is 1.23. The fourth-order valence-corrected chi connectivity index (χ4v) is 8.84. The van der Waals surface area contributed by atoms with E-state index in [0.717, 1.165) is 83.0 Å². The number of ether oxygens (including phenoxy) is 1. The van der Waals surface area contributed by atoms with E-state index >= 15 is 0 Å². The molecule has 2 fully saturated rings. The summed E-state index contributed by atoms with van der Waals surface area (Å²) in [5.41, 5.74) is 11.7. The molecular formula is C45H47N9O4. The highest BCUT2D eigenvalue weighted by molar-refractivity contribution is 5.91. The smallest absolute Gasteiger partial charge is 0.407 e. The lowest BCUT2D eigenvalue weighted by Crippen LogP contribution is -2.51. The minimum Gasteiger partial charge on any atom is -0.453 e. The zero-order valence-corrected chi connectivity index (χ0v) is 32.4. The van der Waals surface area contributed by atoms with Gasteiger partial charge in [0.1, 0.15) is 17.7 Å². The number of rotatable bonds is 9. The van der Waals surface area contributed by atoms with Crippen LogP contribution in [0.2, 0.25) is 0 Å². The van der Waals surface area contributed by atoms with Gasteiger partial charge in [-0.25, -0.2) is 19.7 Å². The molecule has 13 heteroatoms. The molecule has 0 spiro atoms. The minimum atomic E-state index is -0.789. The number of carbonyl (C=O) groups is 3. The quantitative estimate of drug-likeness (QED) is 0.118. The van der Waals surface area contributed by atoms with Crippen LogP contribution in [0.4, 0.5) is 4.79 Å². The van der Waals surface area contributed by atoms with Gasteiger partial charge in [0.2, 0.25) is 11.8 Å². The Morgan fingerprint density at radius 1 is 0.759 bits per heavy atom. The number of aromatic nitrogens is 5. The van der Waals surface area contributed by atoms with Crippen molar-refractivity contribution in [3.63, 3.8) is 0 Å². The van der Waals surface area contributed by atoms with Crippen molar-refractivity contribution in [2.24, 2.45) is 17.6 Å². The highest BCUT2D eigenvalue weighted by Crippen LogP contribution is 2.36. The van der Waals surface area contributed by atoms with E-state index in [2.05, 4.69) is 63.8 Å². The van der Waals surface area contributed by atoms with Crippen molar-refractivity contribution in [2.45, 2.75) is 62.7 Å². The van der Waals surface area contributed by atoms with Crippen LogP contribution in [0.25, 0.3) is 44.3 Å². The average Bonchev–Trinajstić information content (AvgIpc) is 4.11. The molecule has 0 unspecified atom stereocenters. The first-order valence-corrected chi connectivity index (χ1v) is 20.2. The second-order valence-electron chi connectivity index (χ2n) is 15.5. The molecule has 0 bridgehead atoms. The summed E-state index contributed by atoms with van der Waals surface area (Å²) < 4.78 is 4.86. The Morgan fingerprint density at radius 2 is 1.40 bits per heavy atom. The van der Waals surface area contributed by atoms with Gasteiger partial charge in [-0.05, 0) is 73.1 Å². The number of nitrogens with zero attached hydrogens (tertiary/aromatic N) is 5. The fourth-order valence-electron chi connectivity index (χ4n) is 8.84. The van der Waals surface area contributed by atoms with E-state index in [1.165, 1.54) is 7.11 Å². The monoisotopic (exact) mass is 777 g/mol. The molecule has 0 saturated carbocycles. The standard InChI is InChI=1S/C45H47N9O4/c1-58-45(57)51-39(28-12-6-3-7-13-28)44(56)54-21-9-15-37(54)42-49-34-24-33(25-47-40(34)52-42)31-17-16-30-23-32(19-18-29(30)22-31)35-26-48-41(50-35)36-14-8-20-53(36)43(55)38(46)27-10-4-2-5-11-27/h4-7,10-13,16-19,22-28,36-39H,2-3,8-9,14-15,20-21,46H2,1H3,(H,48,50)(H,51,57)(H,47,49,52)/t36-,37-,38-,39-/m0/s1. The van der Waals surface area contributed by atoms with E-state index in [4.69, 9.17) is 25.4 Å². The molecule has 2 aliphatic carbocycles. The van der Waals surface area contributed by atoms with E-state index in [-0.39, 0.29) is 35.7 Å². The zero-order valence-electron chi connectivity index (χ0n) is 32.4. The van der Waals surface area contributed by atoms with Crippen molar-refractivity contribution in [3.05, 3.63) is 115 Å². The summed E-state index contributed by atoms with van der Waals surface area (Å²) in [5.74, 6) is 0.889. The van der Waals surface area contributed by atoms with Crippen molar-refractivity contribution >= 4 is 39.8 Å². The van der Waals surface area contributed by atoms with Crippen LogP contribution in [0.1, 0.15) is 62.3 Å². The first-order valence-electron chi connectivity index (χ1n) is 20.2. The van der Waals surface area contributed by atoms with Gasteiger partial charge in [0.25, 0.3) is 0 Å². The number of benzene rings is 2. The molecule has 2 aromatic carbocycles. The summed E-state index contributed by atoms with van der Waals surface area (Å²) in [4.78, 5) is 64.7. The number of imidazole rings is 2. The van der Waals surface area contributed by atoms with Crippen LogP contribution in [-0.4, -0.2) is 84.9 Å². The summed E-state index contributed by atoms with van der Waals surface area (Å²) in [6, 6.07) is 12.9. The van der Waals surface area contributed by atoms with Crippen molar-refractivity contribution in [2.75, 3.05) is 20.2 Å². The van der Waals surface area contributed by atoms with E-state index in [0.29, 0.717) is 24.6 Å². The third-order valence-corrected chi connectivity index (χ3v) is 11.9. The Kier molecular flexibility index (Phi) is 10.2. The minimum absolute atomic E-state index is 0.0388. The summed E-state index contributed by atoms with van der Waals surface area (Å²) >= 11 is 0. The summed E-state index contributed by atoms with van der Waals surface area (Å²) in [6.07, 6.45) is 24.1. The van der Waals surface area contributed by atoms with Crippen LogP contribution in [0.5, 0.6) is 0 Å². The molecule has 13 nitrogen and oxygen atoms in total. The number of fused-ring (bicyclic) bond motifs is 2. The molecule has 4 atom stereocenters. The van der Waals surface area contributed by atoms with Gasteiger partial charge in [-0.3, -0.25) is 9.59 Å².